The van der Waals surface area contributed by atoms with Gasteiger partial charge in [0.05, 0.1) is 38.3 Å². The van der Waals surface area contributed by atoms with E-state index in [4.69, 9.17) is 18.9 Å². The van der Waals surface area contributed by atoms with Crippen molar-refractivity contribution in [1.29, 1.82) is 0 Å². The molecule has 2 fully saturated rings. The first-order valence-electron chi connectivity index (χ1n) is 17.2. The molecule has 1 N–H and O–H groups in total. The molecule has 2 aromatic carbocycles. The van der Waals surface area contributed by atoms with Crippen molar-refractivity contribution < 1.29 is 43.2 Å². The number of methoxy groups -OCH3 is 2. The lowest BCUT2D eigenvalue weighted by atomic mass is 9.93. The van der Waals surface area contributed by atoms with Gasteiger partial charge in [-0.15, -0.1) is 0 Å². The second-order valence-corrected chi connectivity index (χ2v) is 12.9. The van der Waals surface area contributed by atoms with Crippen molar-refractivity contribution in [3.05, 3.63) is 59.2 Å². The first-order valence-corrected chi connectivity index (χ1v) is 17.2. The van der Waals surface area contributed by atoms with Crippen LogP contribution in [-0.4, -0.2) is 115 Å². The van der Waals surface area contributed by atoms with Gasteiger partial charge in [0.25, 0.3) is 5.91 Å². The predicted octanol–water partition coefficient (Wildman–Crippen LogP) is 5.27. The van der Waals surface area contributed by atoms with Crippen LogP contribution in [-0.2, 0) is 20.7 Å². The molecule has 1 saturated heterocycles. The first kappa shape index (κ1) is 37.5. The number of amides is 3. The SMILES string of the molecule is CCOC(=O)c1cccc(CC(=O)N(CC[C@H]2CC[C@@H](N(C(=O)c3ccc(OC)c(OCCCOC)c3)C(C)C)CN2C(=O)O)C2CC2)c1. The van der Waals surface area contributed by atoms with Crippen molar-refractivity contribution in [2.45, 2.75) is 89.9 Å². The van der Waals surface area contributed by atoms with Crippen LogP contribution in [0.1, 0.15) is 85.6 Å². The summed E-state index contributed by atoms with van der Waals surface area (Å²) in [6, 6.07) is 11.4. The van der Waals surface area contributed by atoms with Gasteiger partial charge < -0.3 is 38.8 Å². The Morgan fingerprint density at radius 1 is 0.939 bits per heavy atom. The van der Waals surface area contributed by atoms with Crippen LogP contribution >= 0.6 is 0 Å². The second kappa shape index (κ2) is 17.9. The summed E-state index contributed by atoms with van der Waals surface area (Å²) >= 11 is 0. The normalized spacial score (nSPS) is 17.4. The third-order valence-corrected chi connectivity index (χ3v) is 9.08. The van der Waals surface area contributed by atoms with Crippen LogP contribution in [0.5, 0.6) is 11.5 Å². The lowest BCUT2D eigenvalue weighted by Gasteiger charge is -2.44. The minimum absolute atomic E-state index is 0.0443. The van der Waals surface area contributed by atoms with Crippen LogP contribution in [0, 0.1) is 0 Å². The summed E-state index contributed by atoms with van der Waals surface area (Å²) in [5, 5.41) is 10.3. The molecule has 0 bridgehead atoms. The highest BCUT2D eigenvalue weighted by atomic mass is 16.5. The monoisotopic (exact) mass is 681 g/mol. The van der Waals surface area contributed by atoms with Crippen molar-refractivity contribution in [3.8, 4) is 11.5 Å². The molecule has 1 aliphatic carbocycles. The average Bonchev–Trinajstić information content (AvgIpc) is 3.92. The fraction of sp³-hybridized carbons (Fsp3) is 0.568. The number of hydrogen-bond donors (Lipinski definition) is 1. The molecule has 268 valence electrons. The van der Waals surface area contributed by atoms with Gasteiger partial charge in [-0.05, 0) is 88.8 Å². The van der Waals surface area contributed by atoms with Crippen molar-refractivity contribution in [1.82, 2.24) is 14.7 Å². The van der Waals surface area contributed by atoms with E-state index in [-0.39, 0.29) is 55.6 Å². The van der Waals surface area contributed by atoms with Gasteiger partial charge in [-0.25, -0.2) is 9.59 Å². The number of nitrogens with zero attached hydrogens (tertiary/aromatic N) is 3. The zero-order valence-corrected chi connectivity index (χ0v) is 29.4. The first-order chi connectivity index (χ1) is 23.6. The van der Waals surface area contributed by atoms with Gasteiger partial charge in [0.1, 0.15) is 0 Å². The molecule has 3 amide bonds. The minimum Gasteiger partial charge on any atom is -0.493 e. The van der Waals surface area contributed by atoms with E-state index >= 15 is 0 Å². The third kappa shape index (κ3) is 10.1. The van der Waals surface area contributed by atoms with E-state index in [1.165, 1.54) is 4.90 Å². The lowest BCUT2D eigenvalue weighted by molar-refractivity contribution is -0.131. The van der Waals surface area contributed by atoms with E-state index in [2.05, 4.69) is 0 Å². The highest BCUT2D eigenvalue weighted by molar-refractivity contribution is 5.95. The predicted molar refractivity (Wildman–Crippen MR) is 183 cm³/mol. The molecule has 12 nitrogen and oxygen atoms in total. The molecular formula is C37H51N3O9. The molecule has 1 aliphatic heterocycles. The van der Waals surface area contributed by atoms with E-state index < -0.39 is 12.1 Å². The van der Waals surface area contributed by atoms with Crippen molar-refractivity contribution >= 4 is 23.9 Å². The second-order valence-electron chi connectivity index (χ2n) is 12.9. The molecule has 49 heavy (non-hydrogen) atoms. The number of carboxylic acid groups (broad SMARTS) is 1. The maximum Gasteiger partial charge on any atom is 0.407 e. The summed E-state index contributed by atoms with van der Waals surface area (Å²) in [5.74, 6) is 0.314. The van der Waals surface area contributed by atoms with Gasteiger partial charge in [0.15, 0.2) is 11.5 Å². The zero-order valence-electron chi connectivity index (χ0n) is 29.4. The Bertz CT molecular complexity index is 1440. The number of rotatable bonds is 17. The number of carbonyl (C=O) groups excluding carboxylic acids is 3. The minimum atomic E-state index is -1.04. The number of piperidine rings is 1. The van der Waals surface area contributed by atoms with E-state index in [9.17, 15) is 24.3 Å². The standard InChI is InChI=1S/C37H51N3O9/c1-6-48-36(43)28-10-7-9-26(21-28)22-34(41)38(29-12-13-29)18-17-30-14-15-31(24-39(30)37(44)45)40(25(2)3)35(42)27-11-16-32(47-5)33(23-27)49-20-8-19-46-4/h7,9-11,16,21,23,25,29-31H,6,8,12-15,17-20,22,24H2,1-5H3,(H,44,45)/t30-,31-/m1/s1. The summed E-state index contributed by atoms with van der Waals surface area (Å²) in [6.07, 6.45) is 3.33. The van der Waals surface area contributed by atoms with Crippen molar-refractivity contribution in [2.24, 2.45) is 0 Å². The van der Waals surface area contributed by atoms with Crippen LogP contribution in [0.25, 0.3) is 0 Å². The topological polar surface area (TPSA) is 135 Å². The quantitative estimate of drug-likeness (QED) is 0.175. The summed E-state index contributed by atoms with van der Waals surface area (Å²) in [7, 11) is 3.17. The highest BCUT2D eigenvalue weighted by Gasteiger charge is 2.39. The van der Waals surface area contributed by atoms with E-state index in [0.717, 1.165) is 18.4 Å². The number of likely N-dealkylation sites (tertiary alicyclic amines) is 1. The summed E-state index contributed by atoms with van der Waals surface area (Å²) in [4.78, 5) is 57.3. The summed E-state index contributed by atoms with van der Waals surface area (Å²) in [6.45, 7) is 7.45. The third-order valence-electron chi connectivity index (χ3n) is 9.08. The summed E-state index contributed by atoms with van der Waals surface area (Å²) < 4.78 is 21.5. The van der Waals surface area contributed by atoms with Crippen molar-refractivity contribution in [2.75, 3.05) is 47.1 Å². The largest absolute Gasteiger partial charge is 0.493 e. The van der Waals surface area contributed by atoms with Gasteiger partial charge in [-0.3, -0.25) is 9.59 Å². The molecule has 2 aromatic rings. The van der Waals surface area contributed by atoms with E-state index in [1.807, 2.05) is 24.8 Å². The van der Waals surface area contributed by atoms with Gasteiger partial charge in [-0.1, -0.05) is 12.1 Å². The zero-order chi connectivity index (χ0) is 35.5. The molecule has 12 heteroatoms. The molecule has 1 saturated carbocycles. The molecule has 4 rings (SSSR count). The Morgan fingerprint density at radius 2 is 1.69 bits per heavy atom. The molecule has 2 atom stereocenters. The summed E-state index contributed by atoms with van der Waals surface area (Å²) in [5.41, 5.74) is 1.58. The maximum atomic E-state index is 14.0. The Balaban J connectivity index is 1.42. The number of ether oxygens (including phenoxy) is 4. The van der Waals surface area contributed by atoms with Crippen molar-refractivity contribution in [3.63, 3.8) is 0 Å². The molecular weight excluding hydrogens is 630 g/mol. The number of esters is 1. The van der Waals surface area contributed by atoms with Crippen LogP contribution in [0.2, 0.25) is 0 Å². The number of hydrogen-bond acceptors (Lipinski definition) is 8. The van der Waals surface area contributed by atoms with Crippen LogP contribution in [0.15, 0.2) is 42.5 Å². The number of benzene rings is 2. The Hall–Kier alpha value is -4.32. The van der Waals surface area contributed by atoms with Crippen LogP contribution < -0.4 is 9.47 Å². The van der Waals surface area contributed by atoms with Gasteiger partial charge in [0, 0.05) is 56.9 Å². The number of carbonyl (C=O) groups is 4. The van der Waals surface area contributed by atoms with Gasteiger partial charge in [-0.2, -0.15) is 0 Å². The van der Waals surface area contributed by atoms with E-state index in [0.29, 0.717) is 68.1 Å². The lowest BCUT2D eigenvalue weighted by Crippen LogP contribution is -2.57. The van der Waals surface area contributed by atoms with E-state index in [1.54, 1.807) is 62.4 Å². The maximum absolute atomic E-state index is 14.0. The molecule has 0 spiro atoms. The van der Waals surface area contributed by atoms with Gasteiger partial charge >= 0.3 is 12.1 Å². The molecule has 1 heterocycles. The molecule has 0 aromatic heterocycles. The molecule has 0 unspecified atom stereocenters. The Labute approximate surface area is 289 Å². The van der Waals surface area contributed by atoms with Gasteiger partial charge in [0.2, 0.25) is 5.91 Å². The van der Waals surface area contributed by atoms with Crippen LogP contribution in [0.4, 0.5) is 4.79 Å². The highest BCUT2D eigenvalue weighted by Crippen LogP contribution is 2.32. The fourth-order valence-corrected chi connectivity index (χ4v) is 6.53. The van der Waals surface area contributed by atoms with Crippen LogP contribution in [0.3, 0.4) is 0 Å². The fourth-order valence-electron chi connectivity index (χ4n) is 6.53. The molecule has 0 radical (unpaired) electrons. The smallest absolute Gasteiger partial charge is 0.407 e. The average molecular weight is 682 g/mol. The Kier molecular flexibility index (Phi) is 13.7. The Morgan fingerprint density at radius 3 is 2.35 bits per heavy atom. The molecule has 2 aliphatic rings.